The van der Waals surface area contributed by atoms with Gasteiger partial charge in [-0.2, -0.15) is 4.31 Å². The molecule has 0 aliphatic rings. The lowest BCUT2D eigenvalue weighted by Crippen LogP contribution is -2.30. The van der Waals surface area contributed by atoms with Gasteiger partial charge in [0.2, 0.25) is 10.0 Å². The molecule has 0 fully saturated rings. The lowest BCUT2D eigenvalue weighted by Gasteiger charge is -2.21. The Morgan fingerprint density at radius 2 is 1.51 bits per heavy atom. The summed E-state index contributed by atoms with van der Waals surface area (Å²) in [6.07, 6.45) is 1.61. The second-order valence-electron chi connectivity index (χ2n) is 9.54. The predicted molar refractivity (Wildman–Crippen MR) is 162 cm³/mol. The summed E-state index contributed by atoms with van der Waals surface area (Å²) < 4.78 is 40.4. The lowest BCUT2D eigenvalue weighted by molar-refractivity contribution is 0.306. The fraction of sp³-hybridized carbons (Fsp3) is 0.121. The molecule has 0 saturated heterocycles. The standard InChI is InChI=1S/C33H29ClN2O4S/c1-25-7-19-33(20-8-25)41(37,38)36(22-26-9-11-28(34)12-10-26)23-32-18-17-31(40-32)21-35-29-13-15-30(16-14-29)39-24-27-5-3-2-4-6-27/h2-21H,22-24H2,1H3. The first-order chi connectivity index (χ1) is 19.8. The second-order valence-corrected chi connectivity index (χ2v) is 11.9. The van der Waals surface area contributed by atoms with Crippen LogP contribution in [0.4, 0.5) is 5.69 Å². The molecule has 0 unspecified atom stereocenters. The van der Waals surface area contributed by atoms with E-state index in [0.717, 1.165) is 28.1 Å². The molecular formula is C33H29ClN2O4S. The van der Waals surface area contributed by atoms with Crippen LogP contribution in [-0.2, 0) is 29.7 Å². The van der Waals surface area contributed by atoms with Crippen LogP contribution in [0.15, 0.2) is 130 Å². The summed E-state index contributed by atoms with van der Waals surface area (Å²) in [5.74, 6) is 1.77. The van der Waals surface area contributed by atoms with Gasteiger partial charge in [-0.25, -0.2) is 8.42 Å². The first-order valence-corrected chi connectivity index (χ1v) is 14.9. The molecule has 0 N–H and O–H groups in total. The van der Waals surface area contributed by atoms with Crippen LogP contribution >= 0.6 is 11.6 Å². The van der Waals surface area contributed by atoms with E-state index in [4.69, 9.17) is 20.8 Å². The Hall–Kier alpha value is -4.17. The Morgan fingerprint density at radius 1 is 0.805 bits per heavy atom. The molecule has 208 valence electrons. The van der Waals surface area contributed by atoms with Crippen molar-refractivity contribution in [3.63, 3.8) is 0 Å². The molecule has 0 atom stereocenters. The van der Waals surface area contributed by atoms with Gasteiger partial charge >= 0.3 is 0 Å². The summed E-state index contributed by atoms with van der Waals surface area (Å²) in [5.41, 5.74) is 3.63. The third kappa shape index (κ3) is 7.73. The fourth-order valence-corrected chi connectivity index (χ4v) is 5.63. The molecule has 5 aromatic rings. The topological polar surface area (TPSA) is 72.1 Å². The maximum Gasteiger partial charge on any atom is 0.243 e. The summed E-state index contributed by atoms with van der Waals surface area (Å²) in [6.45, 7) is 2.63. The molecule has 8 heteroatoms. The molecule has 0 aliphatic heterocycles. The number of hydrogen-bond acceptors (Lipinski definition) is 5. The van der Waals surface area contributed by atoms with Crippen molar-refractivity contribution in [2.24, 2.45) is 4.99 Å². The molecular weight excluding hydrogens is 556 g/mol. The summed E-state index contributed by atoms with van der Waals surface area (Å²) in [4.78, 5) is 4.71. The van der Waals surface area contributed by atoms with Gasteiger partial charge < -0.3 is 9.15 Å². The van der Waals surface area contributed by atoms with Gasteiger partial charge in [0.25, 0.3) is 0 Å². The van der Waals surface area contributed by atoms with Crippen molar-refractivity contribution in [2.45, 2.75) is 31.5 Å². The van der Waals surface area contributed by atoms with Crippen LogP contribution in [-0.4, -0.2) is 18.9 Å². The number of ether oxygens (including phenoxy) is 1. The zero-order valence-corrected chi connectivity index (χ0v) is 24.1. The average molecular weight is 585 g/mol. The van der Waals surface area contributed by atoms with Crippen molar-refractivity contribution in [2.75, 3.05) is 0 Å². The largest absolute Gasteiger partial charge is 0.489 e. The van der Waals surface area contributed by atoms with E-state index in [2.05, 4.69) is 4.99 Å². The molecule has 0 amide bonds. The Labute approximate surface area is 245 Å². The molecule has 0 spiro atoms. The molecule has 5 rings (SSSR count). The maximum atomic E-state index is 13.6. The Kier molecular flexibility index (Phi) is 8.99. The van der Waals surface area contributed by atoms with E-state index in [9.17, 15) is 8.42 Å². The zero-order chi connectivity index (χ0) is 28.7. The van der Waals surface area contributed by atoms with Gasteiger partial charge in [0, 0.05) is 11.6 Å². The van der Waals surface area contributed by atoms with E-state index in [0.29, 0.717) is 23.2 Å². The molecule has 1 heterocycles. The number of hydrogen-bond donors (Lipinski definition) is 0. The van der Waals surface area contributed by atoms with Crippen LogP contribution in [0.3, 0.4) is 0 Å². The summed E-state index contributed by atoms with van der Waals surface area (Å²) in [6, 6.07) is 34.9. The zero-order valence-electron chi connectivity index (χ0n) is 22.5. The van der Waals surface area contributed by atoms with E-state index in [1.54, 1.807) is 54.7 Å². The monoisotopic (exact) mass is 584 g/mol. The predicted octanol–water partition coefficient (Wildman–Crippen LogP) is 7.96. The Balaban J connectivity index is 1.27. The Bertz CT molecular complexity index is 1700. The highest BCUT2D eigenvalue weighted by molar-refractivity contribution is 7.89. The van der Waals surface area contributed by atoms with Crippen LogP contribution in [0.1, 0.15) is 28.2 Å². The van der Waals surface area contributed by atoms with Gasteiger partial charge in [-0.3, -0.25) is 4.99 Å². The van der Waals surface area contributed by atoms with Gasteiger partial charge in [0.15, 0.2) is 0 Å². The smallest absolute Gasteiger partial charge is 0.243 e. The highest BCUT2D eigenvalue weighted by Crippen LogP contribution is 2.24. The third-order valence-electron chi connectivity index (χ3n) is 6.37. The van der Waals surface area contributed by atoms with Crippen molar-refractivity contribution in [1.82, 2.24) is 4.31 Å². The van der Waals surface area contributed by atoms with E-state index < -0.39 is 10.0 Å². The van der Waals surface area contributed by atoms with Crippen LogP contribution in [0.5, 0.6) is 5.75 Å². The summed E-state index contributed by atoms with van der Waals surface area (Å²) >= 11 is 6.03. The highest BCUT2D eigenvalue weighted by atomic mass is 35.5. The summed E-state index contributed by atoms with van der Waals surface area (Å²) in [5, 5.41) is 0.589. The fourth-order valence-electron chi connectivity index (χ4n) is 4.11. The van der Waals surface area contributed by atoms with Crippen molar-refractivity contribution >= 4 is 33.5 Å². The van der Waals surface area contributed by atoms with Crippen LogP contribution in [0, 0.1) is 6.92 Å². The number of furan rings is 1. The molecule has 6 nitrogen and oxygen atoms in total. The number of benzene rings is 4. The minimum Gasteiger partial charge on any atom is -0.489 e. The van der Waals surface area contributed by atoms with Crippen LogP contribution < -0.4 is 4.74 Å². The van der Waals surface area contributed by atoms with Crippen molar-refractivity contribution in [3.05, 3.63) is 148 Å². The first-order valence-electron chi connectivity index (χ1n) is 13.1. The minimum atomic E-state index is -3.80. The molecule has 0 bridgehead atoms. The highest BCUT2D eigenvalue weighted by Gasteiger charge is 2.26. The molecule has 1 aromatic heterocycles. The molecule has 41 heavy (non-hydrogen) atoms. The molecule has 4 aromatic carbocycles. The van der Waals surface area contributed by atoms with Gasteiger partial charge in [0.05, 0.1) is 23.3 Å². The van der Waals surface area contributed by atoms with Gasteiger partial charge in [-0.05, 0) is 78.7 Å². The normalized spacial score (nSPS) is 11.8. The van der Waals surface area contributed by atoms with Crippen molar-refractivity contribution in [1.29, 1.82) is 0 Å². The number of aryl methyl sites for hydroxylation is 1. The van der Waals surface area contributed by atoms with E-state index in [-0.39, 0.29) is 18.0 Å². The van der Waals surface area contributed by atoms with Crippen molar-refractivity contribution in [3.8, 4) is 5.75 Å². The molecule has 0 saturated carbocycles. The summed E-state index contributed by atoms with van der Waals surface area (Å²) in [7, 11) is -3.80. The van der Waals surface area contributed by atoms with Crippen LogP contribution in [0.25, 0.3) is 0 Å². The van der Waals surface area contributed by atoms with Gasteiger partial charge in [-0.15, -0.1) is 0 Å². The number of rotatable bonds is 11. The third-order valence-corrected chi connectivity index (χ3v) is 8.43. The average Bonchev–Trinajstić information content (AvgIpc) is 3.44. The number of halogens is 1. The lowest BCUT2D eigenvalue weighted by atomic mass is 10.2. The second kappa shape index (κ2) is 13.0. The Morgan fingerprint density at radius 3 is 2.22 bits per heavy atom. The first kappa shape index (κ1) is 28.4. The number of aliphatic imine (C=N–C) groups is 1. The van der Waals surface area contributed by atoms with Gasteiger partial charge in [-0.1, -0.05) is 71.8 Å². The van der Waals surface area contributed by atoms with Crippen LogP contribution in [0.2, 0.25) is 5.02 Å². The van der Waals surface area contributed by atoms with E-state index >= 15 is 0 Å². The number of nitrogens with zero attached hydrogens (tertiary/aromatic N) is 2. The van der Waals surface area contributed by atoms with E-state index in [1.807, 2.05) is 73.7 Å². The maximum absolute atomic E-state index is 13.6. The SMILES string of the molecule is Cc1ccc(S(=O)(=O)N(Cc2ccc(Cl)cc2)Cc2ccc(C=Nc3ccc(OCc4ccccc4)cc3)o2)cc1. The van der Waals surface area contributed by atoms with Gasteiger partial charge in [0.1, 0.15) is 23.9 Å². The molecule has 0 aliphatic carbocycles. The quantitative estimate of drug-likeness (QED) is 0.148. The number of sulfonamides is 1. The molecule has 0 radical (unpaired) electrons. The minimum absolute atomic E-state index is 0.0557. The van der Waals surface area contributed by atoms with E-state index in [1.165, 1.54) is 4.31 Å². The van der Waals surface area contributed by atoms with Crippen molar-refractivity contribution < 1.29 is 17.6 Å².